The molecule has 0 aliphatic rings. The Morgan fingerprint density at radius 2 is 1.75 bits per heavy atom. The molecule has 1 aromatic heterocycles. The lowest BCUT2D eigenvalue weighted by molar-refractivity contribution is 0.392. The number of benzene rings is 1. The van der Waals surface area contributed by atoms with Gasteiger partial charge < -0.3 is 15.2 Å². The second-order valence-corrected chi connectivity index (χ2v) is 5.99. The Morgan fingerprint density at radius 3 is 2.20 bits per heavy atom. The standard InChI is InChI=1S/C15H20N2O2S/c1-9-10(2)20-15(17-9)8-14(16)11-5-12(18-3)7-13(6-11)19-4/h5-7,14H,8,16H2,1-4H3. The second kappa shape index (κ2) is 6.24. The number of ether oxygens (including phenoxy) is 2. The highest BCUT2D eigenvalue weighted by Gasteiger charge is 2.13. The van der Waals surface area contributed by atoms with Gasteiger partial charge in [-0.05, 0) is 31.5 Å². The van der Waals surface area contributed by atoms with Gasteiger partial charge in [0.05, 0.1) is 24.9 Å². The summed E-state index contributed by atoms with van der Waals surface area (Å²) in [7, 11) is 3.27. The van der Waals surface area contributed by atoms with Gasteiger partial charge in [0, 0.05) is 23.4 Å². The molecule has 0 aliphatic heterocycles. The first-order valence-corrected chi connectivity index (χ1v) is 7.26. The Hall–Kier alpha value is -1.59. The average Bonchev–Trinajstić information content (AvgIpc) is 2.76. The fourth-order valence-electron chi connectivity index (χ4n) is 1.98. The first-order valence-electron chi connectivity index (χ1n) is 6.45. The minimum atomic E-state index is -0.121. The predicted molar refractivity (Wildman–Crippen MR) is 81.8 cm³/mol. The number of methoxy groups -OCH3 is 2. The number of nitrogens with zero attached hydrogens (tertiary/aromatic N) is 1. The van der Waals surface area contributed by atoms with Crippen LogP contribution in [0.2, 0.25) is 0 Å². The summed E-state index contributed by atoms with van der Waals surface area (Å²) in [6, 6.07) is 5.61. The van der Waals surface area contributed by atoms with Crippen LogP contribution in [0.25, 0.3) is 0 Å². The Labute approximate surface area is 123 Å². The van der Waals surface area contributed by atoms with Crippen molar-refractivity contribution in [2.24, 2.45) is 5.73 Å². The van der Waals surface area contributed by atoms with Gasteiger partial charge in [-0.3, -0.25) is 0 Å². The first kappa shape index (κ1) is 14.8. The SMILES string of the molecule is COc1cc(OC)cc(C(N)Cc2nc(C)c(C)s2)c1. The van der Waals surface area contributed by atoms with Crippen molar-refractivity contribution < 1.29 is 9.47 Å². The largest absolute Gasteiger partial charge is 0.497 e. The third-order valence-corrected chi connectivity index (χ3v) is 4.36. The minimum absolute atomic E-state index is 0.121. The molecular formula is C15H20N2O2S. The Bertz CT molecular complexity index is 554. The Kier molecular flexibility index (Phi) is 4.62. The van der Waals surface area contributed by atoms with Crippen LogP contribution in [0.15, 0.2) is 18.2 Å². The van der Waals surface area contributed by atoms with Gasteiger partial charge in [0.15, 0.2) is 0 Å². The topological polar surface area (TPSA) is 57.4 Å². The van der Waals surface area contributed by atoms with Crippen LogP contribution in [0.5, 0.6) is 11.5 Å². The Balaban J connectivity index is 2.21. The molecule has 20 heavy (non-hydrogen) atoms. The van der Waals surface area contributed by atoms with Crippen molar-refractivity contribution in [3.05, 3.63) is 39.3 Å². The van der Waals surface area contributed by atoms with Crippen molar-refractivity contribution in [2.75, 3.05) is 14.2 Å². The van der Waals surface area contributed by atoms with Gasteiger partial charge in [-0.2, -0.15) is 0 Å². The van der Waals surface area contributed by atoms with E-state index in [9.17, 15) is 0 Å². The van der Waals surface area contributed by atoms with Crippen LogP contribution in [0.4, 0.5) is 0 Å². The summed E-state index contributed by atoms with van der Waals surface area (Å²) >= 11 is 1.70. The fourth-order valence-corrected chi connectivity index (χ4v) is 2.97. The van der Waals surface area contributed by atoms with E-state index in [2.05, 4.69) is 11.9 Å². The maximum atomic E-state index is 6.29. The lowest BCUT2D eigenvalue weighted by Crippen LogP contribution is -2.13. The zero-order valence-electron chi connectivity index (χ0n) is 12.3. The summed E-state index contributed by atoms with van der Waals surface area (Å²) in [4.78, 5) is 5.78. The van der Waals surface area contributed by atoms with E-state index in [1.165, 1.54) is 4.88 Å². The second-order valence-electron chi connectivity index (χ2n) is 4.71. The zero-order valence-corrected chi connectivity index (χ0v) is 13.1. The molecule has 2 aromatic rings. The molecular weight excluding hydrogens is 272 g/mol. The highest BCUT2D eigenvalue weighted by atomic mass is 32.1. The summed E-state index contributed by atoms with van der Waals surface area (Å²) in [6.07, 6.45) is 0.718. The predicted octanol–water partition coefficient (Wildman–Crippen LogP) is 3.02. The third-order valence-electron chi connectivity index (χ3n) is 3.27. The van der Waals surface area contributed by atoms with Crippen LogP contribution in [0, 0.1) is 13.8 Å². The molecule has 5 heteroatoms. The molecule has 0 aliphatic carbocycles. The molecule has 2 N–H and O–H groups in total. The van der Waals surface area contributed by atoms with E-state index in [1.807, 2.05) is 25.1 Å². The molecule has 1 aromatic carbocycles. The molecule has 0 spiro atoms. The number of aryl methyl sites for hydroxylation is 2. The number of rotatable bonds is 5. The average molecular weight is 292 g/mol. The Morgan fingerprint density at radius 1 is 1.15 bits per heavy atom. The fraction of sp³-hybridized carbons (Fsp3) is 0.400. The van der Waals surface area contributed by atoms with Gasteiger partial charge in [-0.25, -0.2) is 4.98 Å². The number of thiazole rings is 1. The number of aromatic nitrogens is 1. The van der Waals surface area contributed by atoms with Crippen molar-refractivity contribution in [1.29, 1.82) is 0 Å². The van der Waals surface area contributed by atoms with Crippen molar-refractivity contribution in [2.45, 2.75) is 26.3 Å². The van der Waals surface area contributed by atoms with E-state index in [0.29, 0.717) is 0 Å². The van der Waals surface area contributed by atoms with E-state index in [4.69, 9.17) is 15.2 Å². The van der Waals surface area contributed by atoms with Gasteiger partial charge in [-0.15, -0.1) is 11.3 Å². The molecule has 0 amide bonds. The number of hydrogen-bond acceptors (Lipinski definition) is 5. The van der Waals surface area contributed by atoms with Gasteiger partial charge in [0.2, 0.25) is 0 Å². The van der Waals surface area contributed by atoms with Gasteiger partial charge >= 0.3 is 0 Å². The molecule has 1 atom stereocenters. The maximum Gasteiger partial charge on any atom is 0.122 e. The normalized spacial score (nSPS) is 12.2. The zero-order chi connectivity index (χ0) is 14.7. The van der Waals surface area contributed by atoms with Crippen molar-refractivity contribution >= 4 is 11.3 Å². The van der Waals surface area contributed by atoms with Gasteiger partial charge in [0.25, 0.3) is 0 Å². The maximum absolute atomic E-state index is 6.29. The summed E-state index contributed by atoms with van der Waals surface area (Å²) in [5.41, 5.74) is 8.37. The molecule has 2 rings (SSSR count). The summed E-state index contributed by atoms with van der Waals surface area (Å²) < 4.78 is 10.5. The molecule has 0 saturated heterocycles. The van der Waals surface area contributed by atoms with Crippen LogP contribution in [0.1, 0.15) is 27.2 Å². The lowest BCUT2D eigenvalue weighted by Gasteiger charge is -2.13. The van der Waals surface area contributed by atoms with Gasteiger partial charge in [-0.1, -0.05) is 0 Å². The van der Waals surface area contributed by atoms with E-state index >= 15 is 0 Å². The molecule has 108 valence electrons. The third kappa shape index (κ3) is 3.29. The molecule has 0 radical (unpaired) electrons. The first-order chi connectivity index (χ1) is 9.53. The highest BCUT2D eigenvalue weighted by Crippen LogP contribution is 2.28. The van der Waals surface area contributed by atoms with Crippen LogP contribution < -0.4 is 15.2 Å². The van der Waals surface area contributed by atoms with Crippen molar-refractivity contribution in [3.8, 4) is 11.5 Å². The van der Waals surface area contributed by atoms with E-state index in [-0.39, 0.29) is 6.04 Å². The molecule has 0 fully saturated rings. The minimum Gasteiger partial charge on any atom is -0.497 e. The molecule has 1 heterocycles. The van der Waals surface area contributed by atoms with Crippen LogP contribution >= 0.6 is 11.3 Å². The summed E-state index contributed by atoms with van der Waals surface area (Å²) in [5.74, 6) is 1.50. The summed E-state index contributed by atoms with van der Waals surface area (Å²) in [5, 5.41) is 1.06. The molecule has 1 unspecified atom stereocenters. The number of nitrogens with two attached hydrogens (primary N) is 1. The molecule has 0 bridgehead atoms. The van der Waals surface area contributed by atoms with Crippen LogP contribution in [-0.4, -0.2) is 19.2 Å². The van der Waals surface area contributed by atoms with Crippen molar-refractivity contribution in [1.82, 2.24) is 4.98 Å². The lowest BCUT2D eigenvalue weighted by atomic mass is 10.0. The van der Waals surface area contributed by atoms with E-state index in [1.54, 1.807) is 25.6 Å². The summed E-state index contributed by atoms with van der Waals surface area (Å²) in [6.45, 7) is 4.10. The van der Waals surface area contributed by atoms with Crippen LogP contribution in [-0.2, 0) is 6.42 Å². The quantitative estimate of drug-likeness (QED) is 0.920. The van der Waals surface area contributed by atoms with Crippen LogP contribution in [0.3, 0.4) is 0 Å². The van der Waals surface area contributed by atoms with E-state index < -0.39 is 0 Å². The van der Waals surface area contributed by atoms with Gasteiger partial charge in [0.1, 0.15) is 11.5 Å². The molecule has 4 nitrogen and oxygen atoms in total. The smallest absolute Gasteiger partial charge is 0.122 e. The van der Waals surface area contributed by atoms with Crippen molar-refractivity contribution in [3.63, 3.8) is 0 Å². The molecule has 0 saturated carbocycles. The van der Waals surface area contributed by atoms with E-state index in [0.717, 1.165) is 34.2 Å². The monoisotopic (exact) mass is 292 g/mol. The number of hydrogen-bond donors (Lipinski definition) is 1. The highest BCUT2D eigenvalue weighted by molar-refractivity contribution is 7.11.